The quantitative estimate of drug-likeness (QED) is 0.877. The van der Waals surface area contributed by atoms with E-state index in [0.29, 0.717) is 0 Å². The second-order valence-corrected chi connectivity index (χ2v) is 6.26. The monoisotopic (exact) mass is 320 g/mol. The van der Waals surface area contributed by atoms with Gasteiger partial charge in [0.05, 0.1) is 5.56 Å². The summed E-state index contributed by atoms with van der Waals surface area (Å²) < 4.78 is 38.1. The van der Waals surface area contributed by atoms with Gasteiger partial charge in [-0.2, -0.15) is 0 Å². The van der Waals surface area contributed by atoms with Crippen LogP contribution in [0.4, 0.5) is 10.1 Å². The molecule has 0 aromatic heterocycles. The number of anilines is 1. The Morgan fingerprint density at radius 3 is 2.45 bits per heavy atom. The highest BCUT2D eigenvalue weighted by molar-refractivity contribution is 7.90. The number of hydrogen-bond acceptors (Lipinski definition) is 4. The molecule has 6 nitrogen and oxygen atoms in total. The highest BCUT2D eigenvalue weighted by Gasteiger charge is 2.32. The third-order valence-electron chi connectivity index (χ3n) is 3.11. The van der Waals surface area contributed by atoms with Crippen LogP contribution in [0, 0.1) is 5.82 Å². The first-order valence-electron chi connectivity index (χ1n) is 6.15. The Morgan fingerprint density at radius 2 is 1.77 bits per heavy atom. The average Bonchev–Trinajstić information content (AvgIpc) is 2.69. The van der Waals surface area contributed by atoms with Crippen molar-refractivity contribution >= 4 is 27.5 Å². The minimum atomic E-state index is -3.88. The van der Waals surface area contributed by atoms with Crippen LogP contribution >= 0.6 is 0 Å². The Labute approximate surface area is 125 Å². The number of carbonyl (C=O) groups excluding carboxylic acids is 2. The molecule has 1 aliphatic heterocycles. The van der Waals surface area contributed by atoms with Crippen LogP contribution in [0.3, 0.4) is 0 Å². The van der Waals surface area contributed by atoms with Crippen LogP contribution in [0.1, 0.15) is 20.7 Å². The summed E-state index contributed by atoms with van der Waals surface area (Å²) in [5.41, 5.74) is 0.465. The molecule has 2 aromatic rings. The summed E-state index contributed by atoms with van der Waals surface area (Å²) in [5.74, 6) is -1.69. The first-order valence-corrected chi connectivity index (χ1v) is 7.63. The molecule has 3 rings (SSSR count). The van der Waals surface area contributed by atoms with Crippen LogP contribution in [0.5, 0.6) is 0 Å². The lowest BCUT2D eigenvalue weighted by Gasteiger charge is -2.06. The number of hydrogen-bond donors (Lipinski definition) is 2. The van der Waals surface area contributed by atoms with Gasteiger partial charge in [0, 0.05) is 11.3 Å². The summed E-state index contributed by atoms with van der Waals surface area (Å²) in [6.07, 6.45) is 0. The molecule has 1 heterocycles. The summed E-state index contributed by atoms with van der Waals surface area (Å²) >= 11 is 0. The molecule has 0 saturated heterocycles. The zero-order valence-electron chi connectivity index (χ0n) is 11.0. The molecule has 2 N–H and O–H groups in total. The molecule has 1 aliphatic rings. The fourth-order valence-electron chi connectivity index (χ4n) is 2.05. The standard InChI is InChI=1S/C14H9FN2O4S/c15-9-3-1-8(2-4-9)13(18)16-10-5-6-11-12(7-10)22(20,21)17-14(11)19/h1-7H,(H,16,18)(H,17,19). The highest BCUT2D eigenvalue weighted by Crippen LogP contribution is 2.25. The molecule has 0 unspecified atom stereocenters. The van der Waals surface area contributed by atoms with Crippen molar-refractivity contribution in [3.8, 4) is 0 Å². The number of fused-ring (bicyclic) bond motifs is 1. The Morgan fingerprint density at radius 1 is 1.09 bits per heavy atom. The van der Waals surface area contributed by atoms with Crippen molar-refractivity contribution in [2.45, 2.75) is 4.90 Å². The second-order valence-electron chi connectivity index (χ2n) is 4.61. The van der Waals surface area contributed by atoms with E-state index in [1.54, 1.807) is 0 Å². The van der Waals surface area contributed by atoms with Crippen LogP contribution < -0.4 is 10.0 Å². The number of sulfonamides is 1. The first kappa shape index (κ1) is 14.2. The lowest BCUT2D eigenvalue weighted by Crippen LogP contribution is -2.20. The average molecular weight is 320 g/mol. The maximum Gasteiger partial charge on any atom is 0.266 e. The zero-order valence-corrected chi connectivity index (χ0v) is 11.8. The van der Waals surface area contributed by atoms with Gasteiger partial charge < -0.3 is 5.32 Å². The van der Waals surface area contributed by atoms with Gasteiger partial charge in [-0.3, -0.25) is 9.59 Å². The molecule has 22 heavy (non-hydrogen) atoms. The Kier molecular flexibility index (Phi) is 3.18. The van der Waals surface area contributed by atoms with Gasteiger partial charge in [-0.15, -0.1) is 0 Å². The van der Waals surface area contributed by atoms with Crippen molar-refractivity contribution in [1.29, 1.82) is 0 Å². The molecule has 0 radical (unpaired) electrons. The molecule has 0 atom stereocenters. The smallest absolute Gasteiger partial charge is 0.266 e. The van der Waals surface area contributed by atoms with E-state index >= 15 is 0 Å². The minimum absolute atomic E-state index is 0.0276. The van der Waals surface area contributed by atoms with Gasteiger partial charge in [0.25, 0.3) is 21.8 Å². The van der Waals surface area contributed by atoms with Crippen molar-refractivity contribution < 1.29 is 22.4 Å². The lowest BCUT2D eigenvalue weighted by molar-refractivity contribution is 0.0983. The number of amides is 2. The lowest BCUT2D eigenvalue weighted by atomic mass is 10.1. The summed E-state index contributed by atoms with van der Waals surface area (Å²) in [6, 6.07) is 8.83. The van der Waals surface area contributed by atoms with Gasteiger partial charge in [-0.1, -0.05) is 0 Å². The van der Waals surface area contributed by atoms with Crippen LogP contribution in [0.15, 0.2) is 47.4 Å². The number of nitrogens with one attached hydrogen (secondary N) is 2. The topological polar surface area (TPSA) is 92.3 Å². The summed E-state index contributed by atoms with van der Waals surface area (Å²) in [5, 5.41) is 2.50. The van der Waals surface area contributed by atoms with Crippen molar-refractivity contribution in [3.63, 3.8) is 0 Å². The molecule has 2 amide bonds. The number of halogens is 1. The summed E-state index contributed by atoms with van der Waals surface area (Å²) in [7, 11) is -3.88. The molecule has 8 heteroatoms. The van der Waals surface area contributed by atoms with Crippen LogP contribution in [0.2, 0.25) is 0 Å². The van der Waals surface area contributed by atoms with E-state index in [1.165, 1.54) is 30.3 Å². The maximum absolute atomic E-state index is 12.8. The molecule has 0 saturated carbocycles. The van der Waals surface area contributed by atoms with Crippen molar-refractivity contribution in [3.05, 3.63) is 59.4 Å². The molecule has 112 valence electrons. The summed E-state index contributed by atoms with van der Waals surface area (Å²) in [6.45, 7) is 0. The molecule has 0 aliphatic carbocycles. The van der Waals surface area contributed by atoms with E-state index < -0.39 is 27.7 Å². The molecule has 0 spiro atoms. The molecule has 0 bridgehead atoms. The van der Waals surface area contributed by atoms with Gasteiger partial charge in [-0.05, 0) is 42.5 Å². The Balaban J connectivity index is 1.90. The van der Waals surface area contributed by atoms with Gasteiger partial charge in [0.15, 0.2) is 0 Å². The predicted molar refractivity (Wildman–Crippen MR) is 75.4 cm³/mol. The van der Waals surface area contributed by atoms with Crippen LogP contribution in [-0.4, -0.2) is 20.2 Å². The fourth-order valence-corrected chi connectivity index (χ4v) is 3.24. The van der Waals surface area contributed by atoms with E-state index in [9.17, 15) is 22.4 Å². The first-order chi connectivity index (χ1) is 10.4. The van der Waals surface area contributed by atoms with Crippen LogP contribution in [-0.2, 0) is 10.0 Å². The van der Waals surface area contributed by atoms with Gasteiger partial charge in [0.2, 0.25) is 0 Å². The van der Waals surface area contributed by atoms with Gasteiger partial charge in [0.1, 0.15) is 10.7 Å². The van der Waals surface area contributed by atoms with Gasteiger partial charge >= 0.3 is 0 Å². The maximum atomic E-state index is 12.8. The largest absolute Gasteiger partial charge is 0.322 e. The Bertz CT molecular complexity index is 892. The minimum Gasteiger partial charge on any atom is -0.322 e. The SMILES string of the molecule is O=C(Nc1ccc2c(c1)S(=O)(=O)NC2=O)c1ccc(F)cc1. The molecular weight excluding hydrogens is 311 g/mol. The third-order valence-corrected chi connectivity index (χ3v) is 4.48. The fraction of sp³-hybridized carbons (Fsp3) is 0. The molecule has 2 aromatic carbocycles. The van der Waals surface area contributed by atoms with Crippen molar-refractivity contribution in [2.24, 2.45) is 0 Å². The normalized spacial score (nSPS) is 15.0. The van der Waals surface area contributed by atoms with E-state index in [1.807, 2.05) is 4.72 Å². The van der Waals surface area contributed by atoms with Crippen molar-refractivity contribution in [2.75, 3.05) is 5.32 Å². The summed E-state index contributed by atoms with van der Waals surface area (Å²) in [4.78, 5) is 23.3. The van der Waals surface area contributed by atoms with Crippen molar-refractivity contribution in [1.82, 2.24) is 4.72 Å². The third kappa shape index (κ3) is 2.44. The highest BCUT2D eigenvalue weighted by atomic mass is 32.2. The Hall–Kier alpha value is -2.74. The zero-order chi connectivity index (χ0) is 15.9. The predicted octanol–water partition coefficient (Wildman–Crippen LogP) is 1.51. The van der Waals surface area contributed by atoms with E-state index in [0.717, 1.165) is 12.1 Å². The van der Waals surface area contributed by atoms with E-state index in [2.05, 4.69) is 5.32 Å². The van der Waals surface area contributed by atoms with E-state index in [-0.39, 0.29) is 21.7 Å². The molecule has 0 fully saturated rings. The second kappa shape index (κ2) is 4.92. The number of benzene rings is 2. The molecular formula is C14H9FN2O4S. The number of rotatable bonds is 2. The number of carbonyl (C=O) groups is 2. The van der Waals surface area contributed by atoms with Crippen LogP contribution in [0.25, 0.3) is 0 Å². The van der Waals surface area contributed by atoms with Gasteiger partial charge in [-0.25, -0.2) is 17.5 Å². The van der Waals surface area contributed by atoms with E-state index in [4.69, 9.17) is 0 Å².